The molecule has 3 heteroatoms. The molecule has 3 nitrogen and oxygen atoms in total. The Morgan fingerprint density at radius 3 is 2.17 bits per heavy atom. The zero-order valence-corrected chi connectivity index (χ0v) is 7.15. The average molecular weight is 169 g/mol. The van der Waals surface area contributed by atoms with Crippen molar-refractivity contribution in [2.24, 2.45) is 17.8 Å². The van der Waals surface area contributed by atoms with E-state index in [4.69, 9.17) is 0 Å². The molecule has 3 saturated heterocycles. The van der Waals surface area contributed by atoms with Gasteiger partial charge in [-0.25, -0.2) is 0 Å². The second kappa shape index (κ2) is 2.03. The number of aliphatic hydroxyl groups excluding tert-OH is 1. The molecule has 0 aromatic heterocycles. The van der Waals surface area contributed by atoms with E-state index in [1.165, 1.54) is 0 Å². The van der Waals surface area contributed by atoms with E-state index < -0.39 is 0 Å². The summed E-state index contributed by atoms with van der Waals surface area (Å²) in [5, 5.41) is 21.8. The lowest BCUT2D eigenvalue weighted by Crippen LogP contribution is -2.67. The van der Waals surface area contributed by atoms with Crippen molar-refractivity contribution in [3.63, 3.8) is 0 Å². The number of nitrogens with zero attached hydrogens (tertiary/aromatic N) is 1. The third-order valence-electron chi connectivity index (χ3n) is 3.96. The smallest absolute Gasteiger partial charge is 0.0838 e. The van der Waals surface area contributed by atoms with Crippen LogP contribution in [0.1, 0.15) is 12.8 Å². The quantitative estimate of drug-likeness (QED) is 0.419. The van der Waals surface area contributed by atoms with Gasteiger partial charge in [-0.05, 0) is 12.8 Å². The van der Waals surface area contributed by atoms with Crippen LogP contribution in [0.5, 0.6) is 0 Å². The summed E-state index contributed by atoms with van der Waals surface area (Å²) in [4.78, 5) is 0. The van der Waals surface area contributed by atoms with Gasteiger partial charge in [-0.2, -0.15) is 0 Å². The number of quaternary nitrogens is 1. The van der Waals surface area contributed by atoms with Crippen molar-refractivity contribution in [3.05, 3.63) is 5.21 Å². The number of piperidine rings is 3. The zero-order valence-electron chi connectivity index (χ0n) is 7.15. The largest absolute Gasteiger partial charge is 0.633 e. The average Bonchev–Trinajstić information content (AvgIpc) is 1.96. The van der Waals surface area contributed by atoms with Crippen molar-refractivity contribution in [1.29, 1.82) is 0 Å². The number of hydrogen-bond donors (Lipinski definition) is 1. The van der Waals surface area contributed by atoms with E-state index in [1.807, 2.05) is 0 Å². The molecule has 3 heterocycles. The van der Waals surface area contributed by atoms with Crippen molar-refractivity contribution >= 4 is 0 Å². The molecule has 68 valence electrons. The first-order chi connectivity index (χ1) is 5.66. The Kier molecular flexibility index (Phi) is 1.23. The van der Waals surface area contributed by atoms with Gasteiger partial charge in [0, 0.05) is 17.8 Å². The van der Waals surface area contributed by atoms with Crippen LogP contribution in [-0.4, -0.2) is 35.5 Å². The lowest BCUT2D eigenvalue weighted by molar-refractivity contribution is -0.911. The summed E-state index contributed by atoms with van der Waals surface area (Å²) in [6.45, 7) is 2.21. The van der Waals surface area contributed by atoms with Gasteiger partial charge in [0.15, 0.2) is 0 Å². The van der Waals surface area contributed by atoms with E-state index in [1.54, 1.807) is 0 Å². The minimum atomic E-state index is -0.151. The van der Waals surface area contributed by atoms with Gasteiger partial charge in [0.1, 0.15) is 0 Å². The van der Waals surface area contributed by atoms with E-state index in [9.17, 15) is 10.3 Å². The van der Waals surface area contributed by atoms with Gasteiger partial charge in [0.05, 0.1) is 25.7 Å². The van der Waals surface area contributed by atoms with Crippen LogP contribution in [0.25, 0.3) is 0 Å². The molecule has 4 bridgehead atoms. The molecule has 0 amide bonds. The Balaban J connectivity index is 1.95. The molecule has 0 aromatic rings. The van der Waals surface area contributed by atoms with Crippen molar-refractivity contribution < 1.29 is 9.75 Å². The first kappa shape index (κ1) is 7.30. The Labute approximate surface area is 72.2 Å². The molecule has 1 saturated carbocycles. The second-order valence-corrected chi connectivity index (χ2v) is 4.95. The summed E-state index contributed by atoms with van der Waals surface area (Å²) in [5.41, 5.74) is 0. The van der Waals surface area contributed by atoms with E-state index in [0.717, 1.165) is 19.4 Å². The molecule has 0 radical (unpaired) electrons. The number of aliphatic hydroxyl groups is 1. The van der Waals surface area contributed by atoms with Crippen LogP contribution >= 0.6 is 0 Å². The Morgan fingerprint density at radius 1 is 1.08 bits per heavy atom. The van der Waals surface area contributed by atoms with Gasteiger partial charge in [-0.15, -0.1) is 0 Å². The predicted octanol–water partition coefficient (Wildman–Crippen LogP) is 0.331. The highest BCUT2D eigenvalue weighted by molar-refractivity contribution is 4.93. The molecule has 3 aliphatic heterocycles. The van der Waals surface area contributed by atoms with Gasteiger partial charge in [-0.3, -0.25) is 0 Å². The molecule has 12 heavy (non-hydrogen) atoms. The van der Waals surface area contributed by atoms with Crippen LogP contribution in [0, 0.1) is 23.0 Å². The number of rotatable bonds is 0. The highest BCUT2D eigenvalue weighted by atomic mass is 16.5. The number of hydroxylamine groups is 3. The van der Waals surface area contributed by atoms with E-state index in [-0.39, 0.29) is 10.8 Å². The van der Waals surface area contributed by atoms with E-state index in [2.05, 4.69) is 0 Å². The third-order valence-corrected chi connectivity index (χ3v) is 3.96. The Hall–Kier alpha value is -0.120. The number of hydrogen-bond acceptors (Lipinski definition) is 2. The summed E-state index contributed by atoms with van der Waals surface area (Å²) in [6.07, 6.45) is 2.07. The molecule has 2 atom stereocenters. The van der Waals surface area contributed by atoms with Gasteiger partial charge in [0.2, 0.25) is 0 Å². The lowest BCUT2D eigenvalue weighted by atomic mass is 9.66. The van der Waals surface area contributed by atoms with Crippen LogP contribution in [0.2, 0.25) is 0 Å². The SMILES string of the molecule is [O-][N+]12CC3CC(C1)C(O)C(C3)C2. The molecule has 4 fully saturated rings. The molecule has 1 aliphatic carbocycles. The van der Waals surface area contributed by atoms with Gasteiger partial charge >= 0.3 is 0 Å². The fraction of sp³-hybridized carbons (Fsp3) is 1.00. The maximum absolute atomic E-state index is 12.0. The van der Waals surface area contributed by atoms with Crippen molar-refractivity contribution in [2.75, 3.05) is 19.6 Å². The molecule has 0 aromatic carbocycles. The summed E-state index contributed by atoms with van der Waals surface area (Å²) in [6, 6.07) is 0. The Morgan fingerprint density at radius 2 is 1.67 bits per heavy atom. The summed E-state index contributed by atoms with van der Waals surface area (Å²) in [7, 11) is 0. The van der Waals surface area contributed by atoms with Crippen LogP contribution in [0.15, 0.2) is 0 Å². The van der Waals surface area contributed by atoms with Crippen molar-refractivity contribution in [3.8, 4) is 0 Å². The van der Waals surface area contributed by atoms with Gasteiger partial charge in [0.25, 0.3) is 0 Å². The van der Waals surface area contributed by atoms with Gasteiger partial charge < -0.3 is 15.0 Å². The van der Waals surface area contributed by atoms with E-state index >= 15 is 0 Å². The van der Waals surface area contributed by atoms with Crippen LogP contribution in [0.4, 0.5) is 0 Å². The Bertz CT molecular complexity index is 203. The standard InChI is InChI=1S/C9H15NO2/c11-9-7-1-6-2-8(9)5-10(12,3-6)4-7/h6-9,11H,1-5H2. The minimum Gasteiger partial charge on any atom is -0.633 e. The van der Waals surface area contributed by atoms with E-state index in [0.29, 0.717) is 30.8 Å². The minimum absolute atomic E-state index is 0.0110. The highest BCUT2D eigenvalue weighted by Crippen LogP contribution is 2.46. The molecule has 4 rings (SSSR count). The van der Waals surface area contributed by atoms with Crippen LogP contribution < -0.4 is 0 Å². The van der Waals surface area contributed by atoms with Crippen molar-refractivity contribution in [1.82, 2.24) is 0 Å². The lowest BCUT2D eigenvalue weighted by Gasteiger charge is -2.61. The summed E-state index contributed by atoms with van der Waals surface area (Å²) in [5.74, 6) is 1.28. The zero-order chi connectivity index (χ0) is 8.34. The maximum atomic E-state index is 12.0. The van der Waals surface area contributed by atoms with Crippen molar-refractivity contribution in [2.45, 2.75) is 18.9 Å². The molecule has 4 aliphatic rings. The van der Waals surface area contributed by atoms with Gasteiger partial charge in [-0.1, -0.05) is 0 Å². The summed E-state index contributed by atoms with van der Waals surface area (Å²) >= 11 is 0. The fourth-order valence-electron chi connectivity index (χ4n) is 3.68. The molecule has 2 unspecified atom stereocenters. The molecule has 0 spiro atoms. The predicted molar refractivity (Wildman–Crippen MR) is 43.9 cm³/mol. The summed E-state index contributed by atoms with van der Waals surface area (Å²) < 4.78 is 0.0110. The molecular weight excluding hydrogens is 154 g/mol. The topological polar surface area (TPSA) is 43.3 Å². The van der Waals surface area contributed by atoms with Crippen LogP contribution in [-0.2, 0) is 0 Å². The normalized spacial score (nSPS) is 62.5. The maximum Gasteiger partial charge on any atom is 0.0838 e. The fourth-order valence-corrected chi connectivity index (χ4v) is 3.68. The van der Waals surface area contributed by atoms with Crippen LogP contribution in [0.3, 0.4) is 0 Å². The third kappa shape index (κ3) is 0.817. The first-order valence-corrected chi connectivity index (χ1v) is 4.91. The molecular formula is C9H15NO2. The second-order valence-electron chi connectivity index (χ2n) is 4.95. The molecule has 1 N–H and O–H groups in total. The first-order valence-electron chi connectivity index (χ1n) is 4.91. The highest BCUT2D eigenvalue weighted by Gasteiger charge is 2.52. The monoisotopic (exact) mass is 169 g/mol.